The van der Waals surface area contributed by atoms with Crippen LogP contribution >= 0.6 is 0 Å². The van der Waals surface area contributed by atoms with Crippen molar-refractivity contribution >= 4 is 23.1 Å². The zero-order valence-corrected chi connectivity index (χ0v) is 17.1. The quantitative estimate of drug-likeness (QED) is 0.290. The van der Waals surface area contributed by atoms with Crippen molar-refractivity contribution in [1.82, 2.24) is 5.48 Å². The van der Waals surface area contributed by atoms with Crippen LogP contribution in [0.1, 0.15) is 23.6 Å². The lowest BCUT2D eigenvalue weighted by atomic mass is 10.0. The van der Waals surface area contributed by atoms with Gasteiger partial charge < -0.3 is 4.74 Å². The van der Waals surface area contributed by atoms with Crippen LogP contribution in [0, 0.1) is 11.6 Å². The highest BCUT2D eigenvalue weighted by Crippen LogP contribution is 2.43. The minimum atomic E-state index is -0.669. The summed E-state index contributed by atoms with van der Waals surface area (Å²) in [4.78, 5) is 11.4. The van der Waals surface area contributed by atoms with Crippen molar-refractivity contribution in [2.75, 3.05) is 0 Å². The van der Waals surface area contributed by atoms with Gasteiger partial charge in [-0.05, 0) is 101 Å². The number of nitrogens with one attached hydrogen (secondary N) is 1. The molecule has 0 aromatic heterocycles. The molecule has 0 aliphatic heterocycles. The second kappa shape index (κ2) is 8.99. The molecule has 2 N–H and O–H groups in total. The zero-order chi connectivity index (χ0) is 22.7. The maximum atomic E-state index is 13.9. The first-order valence-electron chi connectivity index (χ1n) is 9.83. The van der Waals surface area contributed by atoms with E-state index in [2.05, 4.69) is 0 Å². The van der Waals surface area contributed by atoms with Crippen molar-refractivity contribution < 1.29 is 23.5 Å². The molecule has 3 aromatic rings. The van der Waals surface area contributed by atoms with Crippen molar-refractivity contribution in [2.45, 2.75) is 6.92 Å². The maximum Gasteiger partial charge on any atom is 0.267 e. The lowest BCUT2D eigenvalue weighted by Gasteiger charge is -2.07. The number of amides is 1. The van der Waals surface area contributed by atoms with Gasteiger partial charge in [-0.2, -0.15) is 0 Å². The van der Waals surface area contributed by atoms with E-state index in [1.807, 2.05) is 37.3 Å². The number of halogens is 2. The Morgan fingerprint density at radius 3 is 2.19 bits per heavy atom. The number of hydrogen-bond donors (Lipinski definition) is 2. The molecule has 0 atom stereocenters. The highest BCUT2D eigenvalue weighted by atomic mass is 19.1. The molecule has 1 amide bonds. The van der Waals surface area contributed by atoms with Gasteiger partial charge in [0.25, 0.3) is 5.91 Å². The van der Waals surface area contributed by atoms with Gasteiger partial charge in [0.15, 0.2) is 0 Å². The van der Waals surface area contributed by atoms with Crippen LogP contribution in [-0.2, 0) is 4.79 Å². The van der Waals surface area contributed by atoms with E-state index >= 15 is 0 Å². The Balaban J connectivity index is 1.65. The fraction of sp³-hybridized carbons (Fsp3) is 0.0385. The van der Waals surface area contributed by atoms with Crippen LogP contribution in [0.3, 0.4) is 0 Å². The molecule has 4 rings (SSSR count). The highest BCUT2D eigenvalue weighted by Gasteiger charge is 2.23. The summed E-state index contributed by atoms with van der Waals surface area (Å²) in [6, 6.07) is 17.7. The minimum absolute atomic E-state index is 0.328. The molecule has 1 aliphatic rings. The summed E-state index contributed by atoms with van der Waals surface area (Å²) in [6.45, 7) is 1.90. The second-order valence-corrected chi connectivity index (χ2v) is 7.22. The van der Waals surface area contributed by atoms with Gasteiger partial charge in [0, 0.05) is 6.08 Å². The Morgan fingerprint density at radius 1 is 0.906 bits per heavy atom. The number of carbonyl (C=O) groups is 1. The summed E-state index contributed by atoms with van der Waals surface area (Å²) in [6.07, 6.45) is 4.72. The van der Waals surface area contributed by atoms with Crippen LogP contribution in [0.4, 0.5) is 8.78 Å². The van der Waals surface area contributed by atoms with Crippen LogP contribution in [0.5, 0.6) is 11.5 Å². The van der Waals surface area contributed by atoms with Gasteiger partial charge in [0.1, 0.15) is 23.1 Å². The Morgan fingerprint density at radius 2 is 1.53 bits per heavy atom. The molecule has 4 nitrogen and oxygen atoms in total. The van der Waals surface area contributed by atoms with Gasteiger partial charge >= 0.3 is 0 Å². The number of hydroxylamine groups is 1. The molecule has 160 valence electrons. The predicted octanol–water partition coefficient (Wildman–Crippen LogP) is 6.15. The van der Waals surface area contributed by atoms with Crippen molar-refractivity contribution in [1.29, 1.82) is 0 Å². The number of benzene rings is 3. The normalized spacial score (nSPS) is 14.2. The molecule has 0 heterocycles. The second-order valence-electron chi connectivity index (χ2n) is 7.22. The van der Waals surface area contributed by atoms with Gasteiger partial charge in [-0.15, -0.1) is 0 Å². The average Bonchev–Trinajstić information content (AvgIpc) is 3.05. The van der Waals surface area contributed by atoms with E-state index in [1.165, 1.54) is 30.3 Å². The minimum Gasteiger partial charge on any atom is -0.457 e. The van der Waals surface area contributed by atoms with E-state index in [0.29, 0.717) is 22.6 Å². The van der Waals surface area contributed by atoms with Crippen LogP contribution in [0.2, 0.25) is 0 Å². The van der Waals surface area contributed by atoms with Crippen molar-refractivity contribution in [3.63, 3.8) is 0 Å². The fourth-order valence-corrected chi connectivity index (χ4v) is 3.56. The number of rotatable bonds is 5. The molecule has 1 aliphatic carbocycles. The SMILES string of the molecule is CC1=C(C=CC(=O)NO)c2cc(F)ccc2C1=Cc1ccc(Oc2ccc(F)cc2)cc1. The fourth-order valence-electron chi connectivity index (χ4n) is 3.56. The molecule has 0 saturated heterocycles. The number of carbonyl (C=O) groups excluding carboxylic acids is 1. The molecule has 0 fully saturated rings. The van der Waals surface area contributed by atoms with Crippen molar-refractivity contribution in [3.8, 4) is 11.5 Å². The summed E-state index contributed by atoms with van der Waals surface area (Å²) in [5, 5.41) is 8.72. The van der Waals surface area contributed by atoms with Crippen molar-refractivity contribution in [3.05, 3.63) is 113 Å². The third-order valence-corrected chi connectivity index (χ3v) is 5.12. The molecule has 0 unspecified atom stereocenters. The Labute approximate surface area is 183 Å². The first-order chi connectivity index (χ1) is 15.4. The van der Waals surface area contributed by atoms with E-state index < -0.39 is 5.91 Å². The van der Waals surface area contributed by atoms with E-state index in [1.54, 1.807) is 29.8 Å². The third kappa shape index (κ3) is 4.50. The summed E-state index contributed by atoms with van der Waals surface area (Å²) in [5.41, 5.74) is 6.44. The topological polar surface area (TPSA) is 58.6 Å². The molecular weight excluding hydrogens is 412 g/mol. The van der Waals surface area contributed by atoms with Gasteiger partial charge in [0.05, 0.1) is 0 Å². The van der Waals surface area contributed by atoms with E-state index in [-0.39, 0.29) is 11.6 Å². The largest absolute Gasteiger partial charge is 0.457 e. The van der Waals surface area contributed by atoms with Crippen LogP contribution in [0.15, 0.2) is 84.5 Å². The monoisotopic (exact) mass is 431 g/mol. The average molecular weight is 431 g/mol. The molecule has 32 heavy (non-hydrogen) atoms. The maximum absolute atomic E-state index is 13.9. The Kier molecular flexibility index (Phi) is 5.96. The number of hydrogen-bond acceptors (Lipinski definition) is 3. The third-order valence-electron chi connectivity index (χ3n) is 5.12. The Hall–Kier alpha value is -4.03. The molecule has 3 aromatic carbocycles. The zero-order valence-electron chi connectivity index (χ0n) is 17.1. The molecular formula is C26H19F2NO3. The first-order valence-corrected chi connectivity index (χ1v) is 9.83. The summed E-state index contributed by atoms with van der Waals surface area (Å²) >= 11 is 0. The smallest absolute Gasteiger partial charge is 0.267 e. The summed E-state index contributed by atoms with van der Waals surface area (Å²) < 4.78 is 32.7. The van der Waals surface area contributed by atoms with Gasteiger partial charge in [-0.1, -0.05) is 18.2 Å². The van der Waals surface area contributed by atoms with Crippen LogP contribution in [-0.4, -0.2) is 11.1 Å². The predicted molar refractivity (Wildman–Crippen MR) is 119 cm³/mol. The standard InChI is InChI=1S/C26H19F2NO3/c1-16-22(12-13-26(30)29-31)25-15-19(28)6-11-23(25)24(16)14-17-2-7-20(8-3-17)32-21-9-4-18(27)5-10-21/h2-15,31H,1H3,(H,29,30). The lowest BCUT2D eigenvalue weighted by molar-refractivity contribution is -0.124. The van der Waals surface area contributed by atoms with Gasteiger partial charge in [0.2, 0.25) is 0 Å². The lowest BCUT2D eigenvalue weighted by Crippen LogP contribution is -2.14. The number of allylic oxidation sites excluding steroid dienone is 4. The molecule has 0 radical (unpaired) electrons. The Bertz CT molecular complexity index is 1260. The van der Waals surface area contributed by atoms with Crippen LogP contribution in [0.25, 0.3) is 17.2 Å². The molecule has 0 bridgehead atoms. The number of fused-ring (bicyclic) bond motifs is 1. The highest BCUT2D eigenvalue weighted by molar-refractivity contribution is 6.08. The molecule has 0 saturated carbocycles. The van der Waals surface area contributed by atoms with E-state index in [4.69, 9.17) is 9.94 Å². The first kappa shape index (κ1) is 21.2. The van der Waals surface area contributed by atoms with E-state index in [0.717, 1.165) is 22.3 Å². The van der Waals surface area contributed by atoms with E-state index in [9.17, 15) is 13.6 Å². The van der Waals surface area contributed by atoms with Crippen LogP contribution < -0.4 is 10.2 Å². The summed E-state index contributed by atoms with van der Waals surface area (Å²) in [5.74, 6) is -0.231. The summed E-state index contributed by atoms with van der Waals surface area (Å²) in [7, 11) is 0. The van der Waals surface area contributed by atoms with Gasteiger partial charge in [-0.25, -0.2) is 14.3 Å². The molecule has 6 heteroatoms. The van der Waals surface area contributed by atoms with Gasteiger partial charge in [-0.3, -0.25) is 10.0 Å². The molecule has 0 spiro atoms. The van der Waals surface area contributed by atoms with Crippen molar-refractivity contribution in [2.24, 2.45) is 0 Å². The number of ether oxygens (including phenoxy) is 1.